The summed E-state index contributed by atoms with van der Waals surface area (Å²) >= 11 is 0. The monoisotopic (exact) mass is 199 g/mol. The van der Waals surface area contributed by atoms with Gasteiger partial charge in [0.2, 0.25) is 0 Å². The SMILES string of the molecule is C=CC(=C)/C=C\C(N)c1cccc(C)c1. The zero-order valence-corrected chi connectivity index (χ0v) is 9.11. The average molecular weight is 199 g/mol. The molecule has 0 aliphatic carbocycles. The van der Waals surface area contributed by atoms with Crippen LogP contribution in [0.25, 0.3) is 0 Å². The number of allylic oxidation sites excluding steroid dienone is 3. The Morgan fingerprint density at radius 3 is 2.80 bits per heavy atom. The first-order chi connectivity index (χ1) is 7.13. The Balaban J connectivity index is 2.77. The third kappa shape index (κ3) is 3.56. The van der Waals surface area contributed by atoms with E-state index < -0.39 is 0 Å². The molecular weight excluding hydrogens is 182 g/mol. The van der Waals surface area contributed by atoms with Crippen molar-refractivity contribution >= 4 is 0 Å². The Morgan fingerprint density at radius 2 is 2.20 bits per heavy atom. The van der Waals surface area contributed by atoms with E-state index in [1.54, 1.807) is 6.08 Å². The van der Waals surface area contributed by atoms with E-state index in [4.69, 9.17) is 5.73 Å². The largest absolute Gasteiger partial charge is 0.321 e. The number of rotatable bonds is 4. The molecule has 1 nitrogen and oxygen atoms in total. The smallest absolute Gasteiger partial charge is 0.0484 e. The summed E-state index contributed by atoms with van der Waals surface area (Å²) in [5.74, 6) is 0. The van der Waals surface area contributed by atoms with Crippen LogP contribution < -0.4 is 5.73 Å². The number of benzene rings is 1. The maximum atomic E-state index is 6.00. The number of nitrogens with two attached hydrogens (primary N) is 1. The minimum absolute atomic E-state index is 0.0819. The van der Waals surface area contributed by atoms with Crippen molar-refractivity contribution in [1.82, 2.24) is 0 Å². The molecule has 0 aromatic heterocycles. The molecule has 0 aliphatic rings. The summed E-state index contributed by atoms with van der Waals surface area (Å²) in [4.78, 5) is 0. The molecule has 1 aromatic rings. The molecule has 1 atom stereocenters. The maximum absolute atomic E-state index is 6.00. The minimum Gasteiger partial charge on any atom is -0.321 e. The van der Waals surface area contributed by atoms with Crippen LogP contribution in [0.4, 0.5) is 0 Å². The molecule has 1 rings (SSSR count). The van der Waals surface area contributed by atoms with E-state index in [-0.39, 0.29) is 6.04 Å². The standard InChI is InChI=1S/C14H17N/c1-4-11(2)8-9-14(15)13-7-5-6-12(3)10-13/h4-10,14H,1-2,15H2,3H3/b9-8-. The summed E-state index contributed by atoms with van der Waals surface area (Å²) < 4.78 is 0. The fraction of sp³-hybridized carbons (Fsp3) is 0.143. The van der Waals surface area contributed by atoms with Crippen molar-refractivity contribution in [2.75, 3.05) is 0 Å². The van der Waals surface area contributed by atoms with Crippen molar-refractivity contribution in [1.29, 1.82) is 0 Å². The molecule has 0 saturated heterocycles. The zero-order valence-electron chi connectivity index (χ0n) is 9.11. The van der Waals surface area contributed by atoms with Crippen LogP contribution in [0.5, 0.6) is 0 Å². The molecule has 0 aliphatic heterocycles. The van der Waals surface area contributed by atoms with Crippen molar-refractivity contribution in [3.8, 4) is 0 Å². The second kappa shape index (κ2) is 5.32. The molecule has 0 radical (unpaired) electrons. The van der Waals surface area contributed by atoms with E-state index in [0.29, 0.717) is 0 Å². The number of hydrogen-bond donors (Lipinski definition) is 1. The summed E-state index contributed by atoms with van der Waals surface area (Å²) in [6.45, 7) is 9.49. The van der Waals surface area contributed by atoms with Crippen molar-refractivity contribution < 1.29 is 0 Å². The first kappa shape index (κ1) is 11.5. The van der Waals surface area contributed by atoms with Gasteiger partial charge >= 0.3 is 0 Å². The van der Waals surface area contributed by atoms with Gasteiger partial charge in [0, 0.05) is 6.04 Å². The molecular formula is C14H17N. The molecule has 2 N–H and O–H groups in total. The van der Waals surface area contributed by atoms with E-state index in [0.717, 1.165) is 11.1 Å². The molecule has 0 heterocycles. The third-order valence-corrected chi connectivity index (χ3v) is 2.21. The van der Waals surface area contributed by atoms with Crippen LogP contribution in [0.3, 0.4) is 0 Å². The summed E-state index contributed by atoms with van der Waals surface area (Å²) in [5, 5.41) is 0. The molecule has 1 unspecified atom stereocenters. The lowest BCUT2D eigenvalue weighted by Crippen LogP contribution is -2.06. The van der Waals surface area contributed by atoms with Gasteiger partial charge in [0.15, 0.2) is 0 Å². The summed E-state index contributed by atoms with van der Waals surface area (Å²) in [6, 6.07) is 8.11. The van der Waals surface area contributed by atoms with Gasteiger partial charge in [0.05, 0.1) is 0 Å². The summed E-state index contributed by atoms with van der Waals surface area (Å²) in [6.07, 6.45) is 5.53. The van der Waals surface area contributed by atoms with Crippen LogP contribution >= 0.6 is 0 Å². The van der Waals surface area contributed by atoms with Crippen LogP contribution in [0.1, 0.15) is 17.2 Å². The second-order valence-electron chi connectivity index (χ2n) is 3.58. The maximum Gasteiger partial charge on any atom is 0.0484 e. The quantitative estimate of drug-likeness (QED) is 0.740. The van der Waals surface area contributed by atoms with Crippen LogP contribution in [-0.4, -0.2) is 0 Å². The summed E-state index contributed by atoms with van der Waals surface area (Å²) in [5.41, 5.74) is 9.21. The number of hydrogen-bond acceptors (Lipinski definition) is 1. The first-order valence-corrected chi connectivity index (χ1v) is 4.95. The van der Waals surface area contributed by atoms with Crippen LogP contribution in [0, 0.1) is 6.92 Å². The predicted octanol–water partition coefficient (Wildman–Crippen LogP) is 3.29. The van der Waals surface area contributed by atoms with Crippen molar-refractivity contribution in [3.05, 3.63) is 72.4 Å². The molecule has 1 aromatic carbocycles. The normalized spacial score (nSPS) is 12.7. The molecule has 0 saturated carbocycles. The fourth-order valence-electron chi connectivity index (χ4n) is 1.28. The highest BCUT2D eigenvalue weighted by atomic mass is 14.6. The third-order valence-electron chi connectivity index (χ3n) is 2.21. The molecule has 0 bridgehead atoms. The van der Waals surface area contributed by atoms with Crippen LogP contribution in [0.15, 0.2) is 61.2 Å². The van der Waals surface area contributed by atoms with E-state index in [1.807, 2.05) is 24.3 Å². The van der Waals surface area contributed by atoms with Crippen LogP contribution in [-0.2, 0) is 0 Å². The van der Waals surface area contributed by atoms with Crippen LogP contribution in [0.2, 0.25) is 0 Å². The van der Waals surface area contributed by atoms with Crippen molar-refractivity contribution in [2.24, 2.45) is 5.73 Å². The van der Waals surface area contributed by atoms with Gasteiger partial charge in [0.25, 0.3) is 0 Å². The highest BCUT2D eigenvalue weighted by Gasteiger charge is 2.00. The Hall–Kier alpha value is -1.60. The lowest BCUT2D eigenvalue weighted by atomic mass is 10.0. The number of aryl methyl sites for hydroxylation is 1. The van der Waals surface area contributed by atoms with E-state index in [2.05, 4.69) is 32.2 Å². The van der Waals surface area contributed by atoms with Gasteiger partial charge in [0.1, 0.15) is 0 Å². The Labute approximate surface area is 91.6 Å². The molecule has 0 spiro atoms. The van der Waals surface area contributed by atoms with Gasteiger partial charge < -0.3 is 5.73 Å². The lowest BCUT2D eigenvalue weighted by Gasteiger charge is -2.07. The molecule has 0 amide bonds. The summed E-state index contributed by atoms with van der Waals surface area (Å²) in [7, 11) is 0. The van der Waals surface area contributed by atoms with E-state index in [9.17, 15) is 0 Å². The Morgan fingerprint density at radius 1 is 1.47 bits per heavy atom. The highest BCUT2D eigenvalue weighted by molar-refractivity contribution is 5.31. The Kier molecular flexibility index (Phi) is 4.07. The molecule has 1 heteroatoms. The van der Waals surface area contributed by atoms with E-state index in [1.165, 1.54) is 5.56 Å². The van der Waals surface area contributed by atoms with Gasteiger partial charge in [-0.05, 0) is 18.1 Å². The zero-order chi connectivity index (χ0) is 11.3. The minimum atomic E-state index is -0.0819. The highest BCUT2D eigenvalue weighted by Crippen LogP contribution is 2.13. The fourth-order valence-corrected chi connectivity index (χ4v) is 1.28. The average Bonchev–Trinajstić information content (AvgIpc) is 2.25. The van der Waals surface area contributed by atoms with Gasteiger partial charge in [-0.25, -0.2) is 0 Å². The van der Waals surface area contributed by atoms with Gasteiger partial charge in [-0.1, -0.05) is 61.2 Å². The first-order valence-electron chi connectivity index (χ1n) is 4.95. The van der Waals surface area contributed by atoms with E-state index >= 15 is 0 Å². The molecule has 15 heavy (non-hydrogen) atoms. The van der Waals surface area contributed by atoms with Crippen molar-refractivity contribution in [3.63, 3.8) is 0 Å². The molecule has 0 fully saturated rings. The lowest BCUT2D eigenvalue weighted by molar-refractivity contribution is 0.908. The van der Waals surface area contributed by atoms with Gasteiger partial charge in [-0.2, -0.15) is 0 Å². The molecule has 78 valence electrons. The second-order valence-corrected chi connectivity index (χ2v) is 3.58. The predicted molar refractivity (Wildman–Crippen MR) is 66.6 cm³/mol. The van der Waals surface area contributed by atoms with Crippen molar-refractivity contribution in [2.45, 2.75) is 13.0 Å². The van der Waals surface area contributed by atoms with Gasteiger partial charge in [-0.3, -0.25) is 0 Å². The Bertz CT molecular complexity index is 388. The topological polar surface area (TPSA) is 26.0 Å². The van der Waals surface area contributed by atoms with Gasteiger partial charge in [-0.15, -0.1) is 0 Å².